The molecule has 5 heteroatoms. The van der Waals surface area contributed by atoms with Crippen LogP contribution >= 0.6 is 15.9 Å². The van der Waals surface area contributed by atoms with Crippen LogP contribution in [0.25, 0.3) is 0 Å². The first kappa shape index (κ1) is 20.4. The molecular formula is C20H32BrN3O. The Morgan fingerprint density at radius 3 is 2.40 bits per heavy atom. The number of carbonyl (C=O) groups is 1. The van der Waals surface area contributed by atoms with Crippen LogP contribution in [0.15, 0.2) is 28.7 Å². The van der Waals surface area contributed by atoms with Crippen molar-refractivity contribution >= 4 is 21.8 Å². The summed E-state index contributed by atoms with van der Waals surface area (Å²) in [4.78, 5) is 16.9. The highest BCUT2D eigenvalue weighted by Crippen LogP contribution is 2.12. The van der Waals surface area contributed by atoms with Gasteiger partial charge in [-0.2, -0.15) is 0 Å². The van der Waals surface area contributed by atoms with Gasteiger partial charge in [-0.15, -0.1) is 0 Å². The summed E-state index contributed by atoms with van der Waals surface area (Å²) in [6.07, 6.45) is 4.77. The fourth-order valence-electron chi connectivity index (χ4n) is 3.21. The molecule has 1 aromatic carbocycles. The molecule has 1 saturated heterocycles. The largest absolute Gasteiger partial charge is 0.356 e. The molecule has 0 saturated carbocycles. The molecule has 1 aromatic rings. The highest BCUT2D eigenvalue weighted by Gasteiger charge is 2.14. The fourth-order valence-corrected chi connectivity index (χ4v) is 3.48. The summed E-state index contributed by atoms with van der Waals surface area (Å²) in [6, 6.07) is 8.43. The van der Waals surface area contributed by atoms with Gasteiger partial charge in [-0.25, -0.2) is 0 Å². The number of likely N-dealkylation sites (N-methyl/N-ethyl adjacent to an activating group) is 1. The van der Waals surface area contributed by atoms with Crippen molar-refractivity contribution in [1.82, 2.24) is 15.1 Å². The Morgan fingerprint density at radius 1 is 1.04 bits per heavy atom. The van der Waals surface area contributed by atoms with Crippen LogP contribution in [-0.2, 0) is 11.2 Å². The van der Waals surface area contributed by atoms with Crippen LogP contribution in [0.2, 0.25) is 0 Å². The number of carbonyl (C=O) groups excluding carboxylic acids is 1. The van der Waals surface area contributed by atoms with Gasteiger partial charge in [-0.1, -0.05) is 35.0 Å². The van der Waals surface area contributed by atoms with Gasteiger partial charge in [0.25, 0.3) is 0 Å². The van der Waals surface area contributed by atoms with Gasteiger partial charge in [0.05, 0.1) is 0 Å². The Hall–Kier alpha value is -0.910. The summed E-state index contributed by atoms with van der Waals surface area (Å²) in [5, 5.41) is 3.07. The average Bonchev–Trinajstić information content (AvgIpc) is 2.64. The maximum Gasteiger partial charge on any atom is 0.219 e. The number of nitrogens with zero attached hydrogens (tertiary/aromatic N) is 2. The lowest BCUT2D eigenvalue weighted by atomic mass is 10.1. The summed E-state index contributed by atoms with van der Waals surface area (Å²) in [5.41, 5.74) is 1.34. The number of halogens is 1. The number of nitrogens with one attached hydrogen (secondary N) is 1. The predicted molar refractivity (Wildman–Crippen MR) is 108 cm³/mol. The maximum atomic E-state index is 11.9. The SMILES string of the molecule is CCN1CCN(CCCNC(=O)CCCCc2ccc(Br)cc2)CC1. The molecule has 1 heterocycles. The van der Waals surface area contributed by atoms with Crippen molar-refractivity contribution in [2.75, 3.05) is 45.8 Å². The van der Waals surface area contributed by atoms with Crippen LogP contribution in [0, 0.1) is 0 Å². The van der Waals surface area contributed by atoms with E-state index < -0.39 is 0 Å². The first-order chi connectivity index (χ1) is 12.2. The van der Waals surface area contributed by atoms with Crippen LogP contribution in [-0.4, -0.2) is 61.5 Å². The quantitative estimate of drug-likeness (QED) is 0.602. The zero-order valence-corrected chi connectivity index (χ0v) is 17.1. The minimum atomic E-state index is 0.201. The highest BCUT2D eigenvalue weighted by molar-refractivity contribution is 9.10. The second-order valence-electron chi connectivity index (χ2n) is 6.81. The van der Waals surface area contributed by atoms with Crippen LogP contribution in [0.3, 0.4) is 0 Å². The van der Waals surface area contributed by atoms with Crippen LogP contribution in [0.4, 0.5) is 0 Å². The predicted octanol–water partition coefficient (Wildman–Crippen LogP) is 3.31. The topological polar surface area (TPSA) is 35.6 Å². The molecule has 0 radical (unpaired) electrons. The Bertz CT molecular complexity index is 498. The first-order valence-corrected chi connectivity index (χ1v) is 10.4. The van der Waals surface area contributed by atoms with E-state index in [0.29, 0.717) is 6.42 Å². The second-order valence-corrected chi connectivity index (χ2v) is 7.73. The third-order valence-electron chi connectivity index (χ3n) is 4.92. The molecule has 0 unspecified atom stereocenters. The van der Waals surface area contributed by atoms with E-state index in [1.54, 1.807) is 0 Å². The number of hydrogen-bond donors (Lipinski definition) is 1. The van der Waals surface area contributed by atoms with Gasteiger partial charge in [-0.3, -0.25) is 4.79 Å². The van der Waals surface area contributed by atoms with Crippen molar-refractivity contribution in [1.29, 1.82) is 0 Å². The van der Waals surface area contributed by atoms with Gasteiger partial charge in [0.1, 0.15) is 0 Å². The molecule has 140 valence electrons. The second kappa shape index (κ2) is 11.7. The number of unbranched alkanes of at least 4 members (excludes halogenated alkanes) is 1. The normalized spacial score (nSPS) is 16.1. The number of piperazine rings is 1. The molecule has 2 rings (SSSR count). The van der Waals surface area contributed by atoms with Crippen LogP contribution in [0.1, 0.15) is 38.2 Å². The number of aryl methyl sites for hydroxylation is 1. The molecule has 1 aliphatic rings. The number of hydrogen-bond acceptors (Lipinski definition) is 3. The Labute approximate surface area is 161 Å². The zero-order valence-electron chi connectivity index (χ0n) is 15.5. The van der Waals surface area contributed by atoms with Gasteiger partial charge in [0.2, 0.25) is 5.91 Å². The third-order valence-corrected chi connectivity index (χ3v) is 5.45. The summed E-state index contributed by atoms with van der Waals surface area (Å²) < 4.78 is 1.11. The molecular weight excluding hydrogens is 378 g/mol. The highest BCUT2D eigenvalue weighted by atomic mass is 79.9. The summed E-state index contributed by atoms with van der Waals surface area (Å²) in [7, 11) is 0. The first-order valence-electron chi connectivity index (χ1n) is 9.63. The summed E-state index contributed by atoms with van der Waals surface area (Å²) in [5.74, 6) is 0.201. The molecule has 0 spiro atoms. The molecule has 1 fully saturated rings. The average molecular weight is 410 g/mol. The van der Waals surface area contributed by atoms with E-state index in [1.807, 2.05) is 0 Å². The van der Waals surface area contributed by atoms with Crippen molar-refractivity contribution in [2.45, 2.75) is 39.0 Å². The number of amides is 1. The Kier molecular flexibility index (Phi) is 9.51. The Balaban J connectivity index is 1.45. The fraction of sp³-hybridized carbons (Fsp3) is 0.650. The Morgan fingerprint density at radius 2 is 1.72 bits per heavy atom. The smallest absolute Gasteiger partial charge is 0.219 e. The van der Waals surface area contributed by atoms with Crippen molar-refractivity contribution in [3.05, 3.63) is 34.3 Å². The molecule has 1 N–H and O–H groups in total. The monoisotopic (exact) mass is 409 g/mol. The van der Waals surface area contributed by atoms with Gasteiger partial charge < -0.3 is 15.1 Å². The maximum absolute atomic E-state index is 11.9. The molecule has 4 nitrogen and oxygen atoms in total. The minimum Gasteiger partial charge on any atom is -0.356 e. The number of benzene rings is 1. The molecule has 1 amide bonds. The molecule has 0 aliphatic carbocycles. The third kappa shape index (κ3) is 8.34. The van der Waals surface area contributed by atoms with Gasteiger partial charge in [0, 0.05) is 43.6 Å². The zero-order chi connectivity index (χ0) is 17.9. The lowest BCUT2D eigenvalue weighted by Gasteiger charge is -2.33. The van der Waals surface area contributed by atoms with Crippen molar-refractivity contribution < 1.29 is 4.79 Å². The van der Waals surface area contributed by atoms with Crippen molar-refractivity contribution in [3.8, 4) is 0 Å². The van der Waals surface area contributed by atoms with Crippen LogP contribution < -0.4 is 5.32 Å². The summed E-state index contributed by atoms with van der Waals surface area (Å²) >= 11 is 3.45. The lowest BCUT2D eigenvalue weighted by Crippen LogP contribution is -2.46. The van der Waals surface area contributed by atoms with E-state index in [0.717, 1.165) is 62.9 Å². The summed E-state index contributed by atoms with van der Waals surface area (Å²) in [6.45, 7) is 9.98. The van der Waals surface area contributed by atoms with E-state index in [4.69, 9.17) is 0 Å². The lowest BCUT2D eigenvalue weighted by molar-refractivity contribution is -0.121. The molecule has 0 atom stereocenters. The van der Waals surface area contributed by atoms with E-state index in [9.17, 15) is 4.79 Å². The standard InChI is InChI=1S/C20H32BrN3O/c1-2-23-14-16-24(17-15-23)13-5-12-22-20(25)7-4-3-6-18-8-10-19(21)11-9-18/h8-11H,2-7,12-17H2,1H3,(H,22,25). The van der Waals surface area contributed by atoms with E-state index in [-0.39, 0.29) is 5.91 Å². The molecule has 25 heavy (non-hydrogen) atoms. The van der Waals surface area contributed by atoms with Crippen molar-refractivity contribution in [2.24, 2.45) is 0 Å². The van der Waals surface area contributed by atoms with E-state index in [2.05, 4.69) is 62.2 Å². The molecule has 1 aliphatic heterocycles. The van der Waals surface area contributed by atoms with Crippen molar-refractivity contribution in [3.63, 3.8) is 0 Å². The van der Waals surface area contributed by atoms with Crippen LogP contribution in [0.5, 0.6) is 0 Å². The van der Waals surface area contributed by atoms with Gasteiger partial charge in [-0.05, 0) is 56.5 Å². The van der Waals surface area contributed by atoms with Gasteiger partial charge in [0.15, 0.2) is 0 Å². The number of rotatable bonds is 10. The minimum absolute atomic E-state index is 0.201. The van der Waals surface area contributed by atoms with Gasteiger partial charge >= 0.3 is 0 Å². The molecule has 0 aromatic heterocycles. The molecule has 0 bridgehead atoms. The van der Waals surface area contributed by atoms with E-state index >= 15 is 0 Å². The van der Waals surface area contributed by atoms with E-state index in [1.165, 1.54) is 18.7 Å².